The molecule has 0 radical (unpaired) electrons. The van der Waals surface area contributed by atoms with E-state index in [0.717, 1.165) is 38.5 Å². The van der Waals surface area contributed by atoms with Crippen LogP contribution < -0.4 is 4.74 Å². The molecule has 0 bridgehead atoms. The molecular formula is C17H23N3O2. The van der Waals surface area contributed by atoms with E-state index < -0.39 is 0 Å². The number of nitrogens with zero attached hydrogens (tertiary/aromatic N) is 3. The Morgan fingerprint density at radius 2 is 2.05 bits per heavy atom. The minimum atomic E-state index is 0.0716. The van der Waals surface area contributed by atoms with E-state index in [9.17, 15) is 4.79 Å². The van der Waals surface area contributed by atoms with E-state index in [2.05, 4.69) is 11.0 Å². The molecule has 1 saturated heterocycles. The van der Waals surface area contributed by atoms with Crippen molar-refractivity contribution in [2.45, 2.75) is 13.8 Å². The van der Waals surface area contributed by atoms with Gasteiger partial charge in [0.1, 0.15) is 12.4 Å². The fourth-order valence-corrected chi connectivity index (χ4v) is 2.51. The summed E-state index contributed by atoms with van der Waals surface area (Å²) in [5.41, 5.74) is 0.610. The average Bonchev–Trinajstić information content (AvgIpc) is 2.55. The van der Waals surface area contributed by atoms with Gasteiger partial charge in [0.15, 0.2) is 0 Å². The Kier molecular flexibility index (Phi) is 5.79. The third-order valence-corrected chi connectivity index (χ3v) is 3.82. The lowest BCUT2D eigenvalue weighted by Crippen LogP contribution is -2.50. The highest BCUT2D eigenvalue weighted by molar-refractivity contribution is 5.78. The Balaban J connectivity index is 1.71. The standard InChI is InChI=1S/C17H23N3O2/c1-14(2)17(21)20-8-6-19(7-9-20)10-11-22-16-5-3-4-15(12-16)13-18/h3-5,12,14H,6-11H2,1-2H3. The highest BCUT2D eigenvalue weighted by Gasteiger charge is 2.22. The van der Waals surface area contributed by atoms with Crippen LogP contribution in [0.4, 0.5) is 0 Å². The highest BCUT2D eigenvalue weighted by atomic mass is 16.5. The number of nitriles is 1. The fraction of sp³-hybridized carbons (Fsp3) is 0.529. The third-order valence-electron chi connectivity index (χ3n) is 3.82. The van der Waals surface area contributed by atoms with Crippen LogP contribution in [-0.4, -0.2) is 55.0 Å². The van der Waals surface area contributed by atoms with Gasteiger partial charge in [-0.05, 0) is 18.2 Å². The van der Waals surface area contributed by atoms with Crippen molar-refractivity contribution in [2.24, 2.45) is 5.92 Å². The molecule has 0 spiro atoms. The molecule has 1 amide bonds. The van der Waals surface area contributed by atoms with Crippen molar-refractivity contribution in [1.82, 2.24) is 9.80 Å². The smallest absolute Gasteiger partial charge is 0.225 e. The molecule has 0 N–H and O–H groups in total. The average molecular weight is 301 g/mol. The largest absolute Gasteiger partial charge is 0.492 e. The molecule has 1 aromatic rings. The summed E-state index contributed by atoms with van der Waals surface area (Å²) in [4.78, 5) is 16.2. The molecule has 1 aliphatic heterocycles. The van der Waals surface area contributed by atoms with Gasteiger partial charge in [0.05, 0.1) is 11.6 Å². The maximum absolute atomic E-state index is 11.9. The molecule has 118 valence electrons. The van der Waals surface area contributed by atoms with Crippen LogP contribution in [0.15, 0.2) is 24.3 Å². The first-order valence-corrected chi connectivity index (χ1v) is 7.74. The van der Waals surface area contributed by atoms with E-state index in [0.29, 0.717) is 12.2 Å². The van der Waals surface area contributed by atoms with Crippen LogP contribution in [0.1, 0.15) is 19.4 Å². The lowest BCUT2D eigenvalue weighted by atomic mass is 10.1. The zero-order valence-electron chi connectivity index (χ0n) is 13.3. The fourth-order valence-electron chi connectivity index (χ4n) is 2.51. The second kappa shape index (κ2) is 7.81. The van der Waals surface area contributed by atoms with Crippen LogP contribution in [0, 0.1) is 17.2 Å². The van der Waals surface area contributed by atoms with E-state index in [4.69, 9.17) is 10.00 Å². The Hall–Kier alpha value is -2.06. The highest BCUT2D eigenvalue weighted by Crippen LogP contribution is 2.13. The van der Waals surface area contributed by atoms with E-state index in [1.807, 2.05) is 30.9 Å². The number of carbonyl (C=O) groups excluding carboxylic acids is 1. The number of ether oxygens (including phenoxy) is 1. The van der Waals surface area contributed by atoms with Gasteiger partial charge in [0.2, 0.25) is 5.91 Å². The molecule has 5 heteroatoms. The first kappa shape index (κ1) is 16.3. The Morgan fingerprint density at radius 1 is 1.32 bits per heavy atom. The summed E-state index contributed by atoms with van der Waals surface area (Å²) in [6.07, 6.45) is 0. The summed E-state index contributed by atoms with van der Waals surface area (Å²) in [5, 5.41) is 8.85. The Morgan fingerprint density at radius 3 is 2.68 bits per heavy atom. The van der Waals surface area contributed by atoms with Crippen LogP contribution in [0.25, 0.3) is 0 Å². The summed E-state index contributed by atoms with van der Waals surface area (Å²) in [7, 11) is 0. The Labute approximate surface area is 132 Å². The molecular weight excluding hydrogens is 278 g/mol. The van der Waals surface area contributed by atoms with Crippen LogP contribution in [0.2, 0.25) is 0 Å². The van der Waals surface area contributed by atoms with Crippen molar-refractivity contribution in [3.8, 4) is 11.8 Å². The number of piperazine rings is 1. The van der Waals surface area contributed by atoms with Crippen LogP contribution in [-0.2, 0) is 4.79 Å². The molecule has 0 aromatic heterocycles. The van der Waals surface area contributed by atoms with E-state index in [1.54, 1.807) is 12.1 Å². The van der Waals surface area contributed by atoms with Gasteiger partial charge in [0, 0.05) is 38.6 Å². The van der Waals surface area contributed by atoms with Crippen molar-refractivity contribution in [3.05, 3.63) is 29.8 Å². The Bertz CT molecular complexity index is 543. The van der Waals surface area contributed by atoms with Crippen molar-refractivity contribution in [1.29, 1.82) is 5.26 Å². The van der Waals surface area contributed by atoms with Crippen LogP contribution >= 0.6 is 0 Å². The number of benzene rings is 1. The third kappa shape index (κ3) is 4.47. The monoisotopic (exact) mass is 301 g/mol. The zero-order chi connectivity index (χ0) is 15.9. The topological polar surface area (TPSA) is 56.6 Å². The van der Waals surface area contributed by atoms with Crippen molar-refractivity contribution in [3.63, 3.8) is 0 Å². The second-order valence-electron chi connectivity index (χ2n) is 5.81. The van der Waals surface area contributed by atoms with Crippen molar-refractivity contribution >= 4 is 5.91 Å². The number of rotatable bonds is 5. The van der Waals surface area contributed by atoms with E-state index in [-0.39, 0.29) is 11.8 Å². The SMILES string of the molecule is CC(C)C(=O)N1CCN(CCOc2cccc(C#N)c2)CC1. The number of hydrogen-bond acceptors (Lipinski definition) is 4. The molecule has 1 aromatic carbocycles. The van der Waals surface area contributed by atoms with E-state index in [1.165, 1.54) is 0 Å². The minimum absolute atomic E-state index is 0.0716. The molecule has 5 nitrogen and oxygen atoms in total. The molecule has 1 aliphatic rings. The second-order valence-corrected chi connectivity index (χ2v) is 5.81. The molecule has 0 unspecified atom stereocenters. The minimum Gasteiger partial charge on any atom is -0.492 e. The number of hydrogen-bond donors (Lipinski definition) is 0. The normalized spacial score (nSPS) is 15.6. The molecule has 0 aliphatic carbocycles. The first-order chi connectivity index (χ1) is 10.6. The number of amides is 1. The molecule has 22 heavy (non-hydrogen) atoms. The van der Waals surface area contributed by atoms with Crippen molar-refractivity contribution in [2.75, 3.05) is 39.3 Å². The molecule has 0 atom stereocenters. The predicted molar refractivity (Wildman–Crippen MR) is 84.5 cm³/mol. The molecule has 0 saturated carbocycles. The van der Waals surface area contributed by atoms with E-state index >= 15 is 0 Å². The summed E-state index contributed by atoms with van der Waals surface area (Å²) < 4.78 is 5.69. The van der Waals surface area contributed by atoms with Gasteiger partial charge in [0.25, 0.3) is 0 Å². The molecule has 1 heterocycles. The summed E-state index contributed by atoms with van der Waals surface area (Å²) in [6, 6.07) is 9.30. The maximum atomic E-state index is 11.9. The summed E-state index contributed by atoms with van der Waals surface area (Å²) in [6.45, 7) is 8.67. The zero-order valence-corrected chi connectivity index (χ0v) is 13.3. The maximum Gasteiger partial charge on any atom is 0.225 e. The van der Waals surface area contributed by atoms with Gasteiger partial charge >= 0.3 is 0 Å². The summed E-state index contributed by atoms with van der Waals surface area (Å²) in [5.74, 6) is 1.04. The molecule has 2 rings (SSSR count). The summed E-state index contributed by atoms with van der Waals surface area (Å²) >= 11 is 0. The van der Waals surface area contributed by atoms with Gasteiger partial charge in [-0.1, -0.05) is 19.9 Å². The number of carbonyl (C=O) groups is 1. The van der Waals surface area contributed by atoms with Gasteiger partial charge in [-0.15, -0.1) is 0 Å². The molecule has 1 fully saturated rings. The van der Waals surface area contributed by atoms with Gasteiger partial charge in [-0.25, -0.2) is 0 Å². The van der Waals surface area contributed by atoms with Gasteiger partial charge in [-0.2, -0.15) is 5.26 Å². The lowest BCUT2D eigenvalue weighted by Gasteiger charge is -2.35. The first-order valence-electron chi connectivity index (χ1n) is 7.74. The lowest BCUT2D eigenvalue weighted by molar-refractivity contribution is -0.136. The van der Waals surface area contributed by atoms with Crippen LogP contribution in [0.5, 0.6) is 5.75 Å². The van der Waals surface area contributed by atoms with Gasteiger partial charge in [-0.3, -0.25) is 9.69 Å². The van der Waals surface area contributed by atoms with Crippen molar-refractivity contribution < 1.29 is 9.53 Å². The van der Waals surface area contributed by atoms with Crippen LogP contribution in [0.3, 0.4) is 0 Å². The van der Waals surface area contributed by atoms with Gasteiger partial charge < -0.3 is 9.64 Å². The quantitative estimate of drug-likeness (QED) is 0.831. The predicted octanol–water partition coefficient (Wildman–Crippen LogP) is 1.74.